The number of aromatic nitrogens is 2. The Hall–Kier alpha value is -1.81. The average Bonchev–Trinajstić information content (AvgIpc) is 2.38. The Morgan fingerprint density at radius 3 is 2.68 bits per heavy atom. The minimum Gasteiger partial charge on any atom is -0.481 e. The van der Waals surface area contributed by atoms with E-state index in [4.69, 9.17) is 16.3 Å². The van der Waals surface area contributed by atoms with Crippen LogP contribution in [0.15, 0.2) is 30.3 Å². The van der Waals surface area contributed by atoms with Gasteiger partial charge in [0.25, 0.3) is 0 Å². The summed E-state index contributed by atoms with van der Waals surface area (Å²) in [5.41, 5.74) is 1.03. The molecule has 0 saturated heterocycles. The first kappa shape index (κ1) is 13.6. The molecule has 1 unspecified atom stereocenters. The third kappa shape index (κ3) is 3.35. The molecule has 0 bridgehead atoms. The molecular weight excluding hydrogens is 262 g/mol. The van der Waals surface area contributed by atoms with Crippen molar-refractivity contribution in [1.82, 2.24) is 9.97 Å². The number of benzene rings is 1. The van der Waals surface area contributed by atoms with Crippen LogP contribution in [0.3, 0.4) is 0 Å². The van der Waals surface area contributed by atoms with E-state index < -0.39 is 0 Å². The van der Waals surface area contributed by atoms with Crippen LogP contribution in [-0.2, 0) is 0 Å². The second-order valence-electron chi connectivity index (χ2n) is 4.23. The topological polar surface area (TPSA) is 47.0 Å². The van der Waals surface area contributed by atoms with Gasteiger partial charge in [-0.25, -0.2) is 4.98 Å². The second kappa shape index (κ2) is 5.89. The maximum Gasteiger partial charge on any atom is 0.218 e. The van der Waals surface area contributed by atoms with E-state index in [0.29, 0.717) is 11.7 Å². The fourth-order valence-electron chi connectivity index (χ4n) is 1.84. The van der Waals surface area contributed by atoms with E-state index >= 15 is 0 Å². The van der Waals surface area contributed by atoms with Crippen molar-refractivity contribution < 1.29 is 4.74 Å². The normalized spacial score (nSPS) is 12.0. The smallest absolute Gasteiger partial charge is 0.218 e. The van der Waals surface area contributed by atoms with Crippen LogP contribution in [-0.4, -0.2) is 17.1 Å². The molecule has 1 aromatic heterocycles. The number of nitrogens with one attached hydrogen (secondary N) is 1. The van der Waals surface area contributed by atoms with Gasteiger partial charge in [0, 0.05) is 11.1 Å². The fourth-order valence-corrected chi connectivity index (χ4v) is 2.14. The highest BCUT2D eigenvalue weighted by Crippen LogP contribution is 2.25. The highest BCUT2D eigenvalue weighted by atomic mass is 35.5. The van der Waals surface area contributed by atoms with Gasteiger partial charge < -0.3 is 10.1 Å². The number of aryl methyl sites for hydroxylation is 1. The SMILES string of the molecule is COc1cc(NC(C)c2ccccc2Cl)nc(C)n1. The van der Waals surface area contributed by atoms with E-state index in [-0.39, 0.29) is 6.04 Å². The summed E-state index contributed by atoms with van der Waals surface area (Å²) < 4.78 is 5.13. The maximum absolute atomic E-state index is 6.18. The molecule has 0 aliphatic carbocycles. The number of halogens is 1. The van der Waals surface area contributed by atoms with E-state index in [1.165, 1.54) is 0 Å². The summed E-state index contributed by atoms with van der Waals surface area (Å²) in [7, 11) is 1.59. The summed E-state index contributed by atoms with van der Waals surface area (Å²) in [6, 6.07) is 9.56. The van der Waals surface area contributed by atoms with Crippen LogP contribution >= 0.6 is 11.6 Å². The molecule has 0 amide bonds. The largest absolute Gasteiger partial charge is 0.481 e. The number of nitrogens with zero attached hydrogens (tertiary/aromatic N) is 2. The highest BCUT2D eigenvalue weighted by molar-refractivity contribution is 6.31. The van der Waals surface area contributed by atoms with Gasteiger partial charge in [-0.3, -0.25) is 0 Å². The minimum atomic E-state index is 0.0488. The molecule has 0 aliphatic heterocycles. The zero-order chi connectivity index (χ0) is 13.8. The molecule has 0 fully saturated rings. The number of ether oxygens (including phenoxy) is 1. The Kier molecular flexibility index (Phi) is 4.22. The number of methoxy groups -OCH3 is 1. The maximum atomic E-state index is 6.18. The van der Waals surface area contributed by atoms with E-state index in [2.05, 4.69) is 15.3 Å². The summed E-state index contributed by atoms with van der Waals surface area (Å²) in [6.45, 7) is 3.86. The molecule has 1 atom stereocenters. The van der Waals surface area contributed by atoms with Crippen LogP contribution in [0.4, 0.5) is 5.82 Å². The molecule has 0 saturated carbocycles. The highest BCUT2D eigenvalue weighted by Gasteiger charge is 2.10. The summed E-state index contributed by atoms with van der Waals surface area (Å²) in [5, 5.41) is 4.04. The van der Waals surface area contributed by atoms with Crippen molar-refractivity contribution in [3.05, 3.63) is 46.7 Å². The van der Waals surface area contributed by atoms with Gasteiger partial charge in [-0.2, -0.15) is 4.98 Å². The van der Waals surface area contributed by atoms with Crippen LogP contribution in [0.2, 0.25) is 5.02 Å². The van der Waals surface area contributed by atoms with Crippen LogP contribution in [0.25, 0.3) is 0 Å². The molecular formula is C14H16ClN3O. The van der Waals surface area contributed by atoms with E-state index in [1.807, 2.05) is 38.1 Å². The number of hydrogen-bond donors (Lipinski definition) is 1. The van der Waals surface area contributed by atoms with Gasteiger partial charge in [0.1, 0.15) is 11.6 Å². The molecule has 2 aromatic rings. The zero-order valence-corrected chi connectivity index (χ0v) is 11.9. The number of anilines is 1. The first-order chi connectivity index (χ1) is 9.10. The Morgan fingerprint density at radius 2 is 2.00 bits per heavy atom. The lowest BCUT2D eigenvalue weighted by molar-refractivity contribution is 0.396. The Balaban J connectivity index is 2.21. The molecule has 5 heteroatoms. The van der Waals surface area contributed by atoms with Gasteiger partial charge in [0.2, 0.25) is 5.88 Å². The van der Waals surface area contributed by atoms with Crippen LogP contribution in [0.1, 0.15) is 24.4 Å². The molecule has 0 aliphatic rings. The monoisotopic (exact) mass is 277 g/mol. The van der Waals surface area contributed by atoms with Crippen LogP contribution < -0.4 is 10.1 Å². The predicted molar refractivity (Wildman–Crippen MR) is 76.8 cm³/mol. The minimum absolute atomic E-state index is 0.0488. The van der Waals surface area contributed by atoms with Crippen molar-refractivity contribution in [3.63, 3.8) is 0 Å². The third-order valence-electron chi connectivity index (χ3n) is 2.76. The lowest BCUT2D eigenvalue weighted by Gasteiger charge is -2.16. The Labute approximate surface area is 117 Å². The average molecular weight is 278 g/mol. The molecule has 19 heavy (non-hydrogen) atoms. The second-order valence-corrected chi connectivity index (χ2v) is 4.64. The van der Waals surface area contributed by atoms with E-state index in [9.17, 15) is 0 Å². The Bertz CT molecular complexity index is 574. The van der Waals surface area contributed by atoms with E-state index in [1.54, 1.807) is 13.2 Å². The van der Waals surface area contributed by atoms with Crippen molar-refractivity contribution in [2.75, 3.05) is 12.4 Å². The first-order valence-electron chi connectivity index (χ1n) is 6.01. The van der Waals surface area contributed by atoms with Gasteiger partial charge in [0.15, 0.2) is 0 Å². The lowest BCUT2D eigenvalue weighted by Crippen LogP contribution is -2.09. The fraction of sp³-hybridized carbons (Fsp3) is 0.286. The van der Waals surface area contributed by atoms with Crippen LogP contribution in [0, 0.1) is 6.92 Å². The van der Waals surface area contributed by atoms with Crippen molar-refractivity contribution in [3.8, 4) is 5.88 Å². The van der Waals surface area contributed by atoms with Gasteiger partial charge in [-0.1, -0.05) is 29.8 Å². The molecule has 1 heterocycles. The van der Waals surface area contributed by atoms with Crippen molar-refractivity contribution in [1.29, 1.82) is 0 Å². The quantitative estimate of drug-likeness (QED) is 0.927. The zero-order valence-electron chi connectivity index (χ0n) is 11.1. The summed E-state index contributed by atoms with van der Waals surface area (Å²) >= 11 is 6.18. The molecule has 0 radical (unpaired) electrons. The number of hydrogen-bond acceptors (Lipinski definition) is 4. The summed E-state index contributed by atoms with van der Waals surface area (Å²) in [5.74, 6) is 1.92. The van der Waals surface area contributed by atoms with Crippen molar-refractivity contribution in [2.45, 2.75) is 19.9 Å². The van der Waals surface area contributed by atoms with Gasteiger partial charge in [-0.15, -0.1) is 0 Å². The van der Waals surface area contributed by atoms with Gasteiger partial charge in [-0.05, 0) is 25.5 Å². The van der Waals surface area contributed by atoms with Crippen molar-refractivity contribution >= 4 is 17.4 Å². The molecule has 2 rings (SSSR count). The van der Waals surface area contributed by atoms with Crippen LogP contribution in [0.5, 0.6) is 5.88 Å². The lowest BCUT2D eigenvalue weighted by atomic mass is 10.1. The van der Waals surface area contributed by atoms with E-state index in [0.717, 1.165) is 16.4 Å². The van der Waals surface area contributed by atoms with Crippen molar-refractivity contribution in [2.24, 2.45) is 0 Å². The summed E-state index contributed by atoms with van der Waals surface area (Å²) in [4.78, 5) is 8.48. The molecule has 100 valence electrons. The summed E-state index contributed by atoms with van der Waals surface area (Å²) in [6.07, 6.45) is 0. The molecule has 4 nitrogen and oxygen atoms in total. The number of rotatable bonds is 4. The first-order valence-corrected chi connectivity index (χ1v) is 6.38. The third-order valence-corrected chi connectivity index (χ3v) is 3.10. The molecule has 0 spiro atoms. The van der Waals surface area contributed by atoms with Gasteiger partial charge >= 0.3 is 0 Å². The predicted octanol–water partition coefficient (Wildman–Crippen LogP) is 3.62. The van der Waals surface area contributed by atoms with Gasteiger partial charge in [0.05, 0.1) is 13.2 Å². The molecule has 1 N–H and O–H groups in total. The Morgan fingerprint density at radius 1 is 1.26 bits per heavy atom. The standard InChI is InChI=1S/C14H16ClN3O/c1-9(11-6-4-5-7-12(11)15)16-13-8-14(19-3)18-10(2)17-13/h4-9H,1-3H3,(H,16,17,18). The molecule has 1 aromatic carbocycles.